The van der Waals surface area contributed by atoms with Crippen LogP contribution in [-0.2, 0) is 9.68 Å². The van der Waals surface area contributed by atoms with Crippen LogP contribution in [0, 0.1) is 0 Å². The Kier molecular flexibility index (Phi) is 2.76. The third-order valence-electron chi connectivity index (χ3n) is 1.73. The van der Waals surface area contributed by atoms with Crippen molar-refractivity contribution in [3.63, 3.8) is 0 Å². The number of rotatable bonds is 1. The van der Waals surface area contributed by atoms with Crippen LogP contribution in [0.4, 0.5) is 10.5 Å². The Hall–Kier alpha value is -1.66. The maximum absolute atomic E-state index is 10.8. The zero-order valence-electron chi connectivity index (χ0n) is 7.68. The number of carbonyl (C=O) groups excluding carboxylic acids is 1. The van der Waals surface area contributed by atoms with Crippen molar-refractivity contribution in [2.45, 2.75) is 0 Å². The zero-order valence-corrected chi connectivity index (χ0v) is 9.20. The topological polar surface area (TPSA) is 77.2 Å². The first-order valence-electron chi connectivity index (χ1n) is 4.05. The monoisotopic (exact) mass is 261 g/mol. The number of anilines is 1. The number of nitrogens with zero attached hydrogens (tertiary/aromatic N) is 2. The van der Waals surface area contributed by atoms with Gasteiger partial charge in [0.25, 0.3) is 5.96 Å². The first-order chi connectivity index (χ1) is 7.58. The molecule has 1 aromatic carbocycles. The summed E-state index contributed by atoms with van der Waals surface area (Å²) in [6.45, 7) is 0. The van der Waals surface area contributed by atoms with Crippen LogP contribution in [0.25, 0.3) is 0 Å². The van der Waals surface area contributed by atoms with Crippen LogP contribution in [-0.4, -0.2) is 12.1 Å². The van der Waals surface area contributed by atoms with Gasteiger partial charge < -0.3 is 5.73 Å². The Labute approximate surface area is 100 Å². The number of oxime groups is 1. The highest BCUT2D eigenvalue weighted by Gasteiger charge is 2.24. The highest BCUT2D eigenvalue weighted by atomic mass is 35.5. The average molecular weight is 262 g/mol. The van der Waals surface area contributed by atoms with Crippen molar-refractivity contribution in [3.05, 3.63) is 28.2 Å². The van der Waals surface area contributed by atoms with Crippen LogP contribution in [0.1, 0.15) is 0 Å². The second-order valence-electron chi connectivity index (χ2n) is 2.77. The van der Waals surface area contributed by atoms with E-state index in [1.54, 1.807) is 6.07 Å². The summed E-state index contributed by atoms with van der Waals surface area (Å²) in [5.74, 6) is -0.127. The standard InChI is InChI=1S/C8H5Cl2N3O3/c9-5-2-1-4(3-6(5)10)13-7(11)12-15-8(14)16-13/h1-3H,(H2,11,12). The van der Waals surface area contributed by atoms with E-state index in [1.807, 2.05) is 0 Å². The largest absolute Gasteiger partial charge is 0.561 e. The fourth-order valence-corrected chi connectivity index (χ4v) is 1.35. The van der Waals surface area contributed by atoms with Gasteiger partial charge in [-0.1, -0.05) is 23.2 Å². The molecule has 0 unspecified atom stereocenters. The molecule has 0 aromatic heterocycles. The van der Waals surface area contributed by atoms with E-state index in [2.05, 4.69) is 9.99 Å². The second-order valence-corrected chi connectivity index (χ2v) is 3.59. The Morgan fingerprint density at radius 3 is 2.75 bits per heavy atom. The Morgan fingerprint density at radius 2 is 2.06 bits per heavy atom. The van der Waals surface area contributed by atoms with Crippen molar-refractivity contribution < 1.29 is 14.5 Å². The molecule has 0 spiro atoms. The second kappa shape index (κ2) is 4.07. The fourth-order valence-electron chi connectivity index (χ4n) is 1.06. The molecule has 1 aliphatic heterocycles. The average Bonchev–Trinajstić information content (AvgIpc) is 2.26. The molecule has 6 nitrogen and oxygen atoms in total. The van der Waals surface area contributed by atoms with E-state index in [0.29, 0.717) is 15.7 Å². The molecule has 0 amide bonds. The van der Waals surface area contributed by atoms with Crippen molar-refractivity contribution in [2.24, 2.45) is 10.9 Å². The molecule has 16 heavy (non-hydrogen) atoms. The van der Waals surface area contributed by atoms with E-state index in [0.717, 1.165) is 5.06 Å². The molecule has 8 heteroatoms. The van der Waals surface area contributed by atoms with Gasteiger partial charge in [-0.05, 0) is 23.4 Å². The molecule has 1 aliphatic rings. The lowest BCUT2D eigenvalue weighted by Gasteiger charge is -2.23. The number of hydroxylamine groups is 1. The Balaban J connectivity index is 2.36. The number of halogens is 2. The molecule has 0 atom stereocenters. The number of hydrogen-bond donors (Lipinski definition) is 1. The molecule has 0 bridgehead atoms. The third-order valence-corrected chi connectivity index (χ3v) is 2.46. The lowest BCUT2D eigenvalue weighted by molar-refractivity contribution is 0.0450. The zero-order chi connectivity index (χ0) is 11.7. The summed E-state index contributed by atoms with van der Waals surface area (Å²) in [6.07, 6.45) is -0.986. The molecule has 0 saturated heterocycles. The molecule has 0 aliphatic carbocycles. The van der Waals surface area contributed by atoms with Crippen LogP contribution in [0.5, 0.6) is 0 Å². The van der Waals surface area contributed by atoms with Crippen LogP contribution in [0.2, 0.25) is 10.0 Å². The summed E-state index contributed by atoms with van der Waals surface area (Å²) >= 11 is 11.5. The summed E-state index contributed by atoms with van der Waals surface area (Å²) in [4.78, 5) is 19.7. The van der Waals surface area contributed by atoms with E-state index >= 15 is 0 Å². The smallest absolute Gasteiger partial charge is 0.364 e. The molecule has 2 N–H and O–H groups in total. The van der Waals surface area contributed by atoms with Gasteiger partial charge in [0.05, 0.1) is 15.7 Å². The predicted octanol–water partition coefficient (Wildman–Crippen LogP) is 2.11. The van der Waals surface area contributed by atoms with Gasteiger partial charge in [-0.3, -0.25) is 9.68 Å². The minimum absolute atomic E-state index is 0.127. The van der Waals surface area contributed by atoms with E-state index in [4.69, 9.17) is 33.8 Å². The first kappa shape index (κ1) is 10.8. The quantitative estimate of drug-likeness (QED) is 0.784. The molecular formula is C8H5Cl2N3O3. The maximum atomic E-state index is 10.8. The highest BCUT2D eigenvalue weighted by molar-refractivity contribution is 6.42. The van der Waals surface area contributed by atoms with Gasteiger partial charge in [-0.15, -0.1) is 5.06 Å². The number of guanidine groups is 1. The third kappa shape index (κ3) is 1.98. The van der Waals surface area contributed by atoms with E-state index < -0.39 is 6.16 Å². The summed E-state index contributed by atoms with van der Waals surface area (Å²) in [5, 5.41) is 4.95. The molecule has 0 fully saturated rings. The summed E-state index contributed by atoms with van der Waals surface area (Å²) in [6, 6.07) is 4.58. The summed E-state index contributed by atoms with van der Waals surface area (Å²) in [5.41, 5.74) is 5.87. The molecule has 84 valence electrons. The predicted molar refractivity (Wildman–Crippen MR) is 58.1 cm³/mol. The highest BCUT2D eigenvalue weighted by Crippen LogP contribution is 2.28. The SMILES string of the molecule is NC1=NOC(=O)ON1c1ccc(Cl)c(Cl)c1. The van der Waals surface area contributed by atoms with Gasteiger partial charge in [-0.25, -0.2) is 0 Å². The minimum Gasteiger partial charge on any atom is -0.364 e. The lowest BCUT2D eigenvalue weighted by atomic mass is 10.3. The van der Waals surface area contributed by atoms with E-state index in [1.165, 1.54) is 12.1 Å². The molecule has 0 radical (unpaired) electrons. The molecule has 1 heterocycles. The number of benzene rings is 1. The fraction of sp³-hybridized carbons (Fsp3) is 0. The minimum atomic E-state index is -0.986. The van der Waals surface area contributed by atoms with Crippen LogP contribution in [0.3, 0.4) is 0 Å². The number of carbonyl (C=O) groups is 1. The Bertz CT molecular complexity index is 478. The van der Waals surface area contributed by atoms with Crippen molar-refractivity contribution in [1.29, 1.82) is 0 Å². The number of hydrogen-bond acceptors (Lipinski definition) is 6. The Morgan fingerprint density at radius 1 is 1.31 bits per heavy atom. The van der Waals surface area contributed by atoms with E-state index in [9.17, 15) is 4.79 Å². The van der Waals surface area contributed by atoms with Crippen LogP contribution >= 0.6 is 23.2 Å². The molecular weight excluding hydrogens is 257 g/mol. The number of nitrogens with two attached hydrogens (primary N) is 1. The van der Waals surface area contributed by atoms with E-state index in [-0.39, 0.29) is 5.96 Å². The first-order valence-corrected chi connectivity index (χ1v) is 4.81. The van der Waals surface area contributed by atoms with Gasteiger partial charge in [0.15, 0.2) is 0 Å². The van der Waals surface area contributed by atoms with Crippen molar-refractivity contribution in [2.75, 3.05) is 5.06 Å². The molecule has 1 aromatic rings. The maximum Gasteiger partial charge on any atom is 0.561 e. The summed E-state index contributed by atoms with van der Waals surface area (Å²) in [7, 11) is 0. The normalized spacial score (nSPS) is 15.2. The van der Waals surface area contributed by atoms with Crippen LogP contribution < -0.4 is 10.8 Å². The van der Waals surface area contributed by atoms with Crippen molar-refractivity contribution in [1.82, 2.24) is 0 Å². The molecule has 0 saturated carbocycles. The van der Waals surface area contributed by atoms with Gasteiger partial charge >= 0.3 is 6.16 Å². The van der Waals surface area contributed by atoms with Gasteiger partial charge in [0.1, 0.15) is 0 Å². The molecule has 2 rings (SSSR count). The van der Waals surface area contributed by atoms with Gasteiger partial charge in [-0.2, -0.15) is 4.79 Å². The van der Waals surface area contributed by atoms with Gasteiger partial charge in [0, 0.05) is 0 Å². The summed E-state index contributed by atoms with van der Waals surface area (Å²) < 4.78 is 0. The van der Waals surface area contributed by atoms with Gasteiger partial charge in [0.2, 0.25) is 0 Å². The van der Waals surface area contributed by atoms with Crippen LogP contribution in [0.15, 0.2) is 23.4 Å². The van der Waals surface area contributed by atoms with Crippen molar-refractivity contribution in [3.8, 4) is 0 Å². The van der Waals surface area contributed by atoms with Crippen molar-refractivity contribution >= 4 is 41.0 Å². The lowest BCUT2D eigenvalue weighted by Crippen LogP contribution is -2.42.